The second-order valence-corrected chi connectivity index (χ2v) is 6.63. The molecule has 0 amide bonds. The van der Waals surface area contributed by atoms with Gasteiger partial charge in [0.05, 0.1) is 13.7 Å². The van der Waals surface area contributed by atoms with Crippen LogP contribution in [0.5, 0.6) is 11.5 Å². The highest BCUT2D eigenvalue weighted by Gasteiger charge is 2.21. The molecule has 1 fully saturated rings. The zero-order chi connectivity index (χ0) is 15.3. The van der Waals surface area contributed by atoms with Gasteiger partial charge in [-0.1, -0.05) is 12.1 Å². The Morgan fingerprint density at radius 2 is 2.00 bits per heavy atom. The lowest BCUT2D eigenvalue weighted by Gasteiger charge is -2.22. The first-order chi connectivity index (χ1) is 9.99. The molecule has 1 saturated carbocycles. The number of para-hydroxylation sites is 1. The van der Waals surface area contributed by atoms with Gasteiger partial charge in [-0.15, -0.1) is 0 Å². The molecule has 1 aliphatic rings. The predicted octanol–water partition coefficient (Wildman–Crippen LogP) is 3.35. The molecule has 21 heavy (non-hydrogen) atoms. The standard InChI is InChI=1S/C17H27NO3/c1-17(2,3)18-10-14-6-5-7-15(19-4)16(14)21-12-20-11-13-8-9-13/h5-7,13,18H,8-12H2,1-4H3. The second kappa shape index (κ2) is 7.14. The molecule has 1 N–H and O–H groups in total. The van der Waals surface area contributed by atoms with Crippen LogP contribution in [0.1, 0.15) is 39.2 Å². The van der Waals surface area contributed by atoms with E-state index in [4.69, 9.17) is 14.2 Å². The molecule has 1 aliphatic carbocycles. The fourth-order valence-electron chi connectivity index (χ4n) is 1.99. The van der Waals surface area contributed by atoms with Gasteiger partial charge >= 0.3 is 0 Å². The maximum atomic E-state index is 5.82. The normalized spacial score (nSPS) is 15.0. The SMILES string of the molecule is COc1cccc(CNC(C)(C)C)c1OCOCC1CC1. The highest BCUT2D eigenvalue weighted by atomic mass is 16.7. The van der Waals surface area contributed by atoms with Gasteiger partial charge in [-0.05, 0) is 45.6 Å². The minimum atomic E-state index is 0.0584. The third-order valence-corrected chi connectivity index (χ3v) is 3.43. The molecule has 0 spiro atoms. The van der Waals surface area contributed by atoms with Gasteiger partial charge in [-0.2, -0.15) is 0 Å². The summed E-state index contributed by atoms with van der Waals surface area (Å²) in [5, 5.41) is 3.47. The predicted molar refractivity (Wildman–Crippen MR) is 83.8 cm³/mol. The van der Waals surface area contributed by atoms with E-state index < -0.39 is 0 Å². The first-order valence-electron chi connectivity index (χ1n) is 7.61. The van der Waals surface area contributed by atoms with E-state index in [1.54, 1.807) is 7.11 Å². The molecular formula is C17H27NO3. The molecule has 4 nitrogen and oxygen atoms in total. The first-order valence-corrected chi connectivity index (χ1v) is 7.61. The van der Waals surface area contributed by atoms with E-state index in [1.165, 1.54) is 12.8 Å². The van der Waals surface area contributed by atoms with E-state index in [-0.39, 0.29) is 12.3 Å². The zero-order valence-electron chi connectivity index (χ0n) is 13.6. The number of benzene rings is 1. The van der Waals surface area contributed by atoms with Crippen molar-refractivity contribution in [2.45, 2.75) is 45.7 Å². The molecule has 0 radical (unpaired) electrons. The van der Waals surface area contributed by atoms with E-state index in [0.29, 0.717) is 0 Å². The van der Waals surface area contributed by atoms with Crippen molar-refractivity contribution in [2.75, 3.05) is 20.5 Å². The van der Waals surface area contributed by atoms with Crippen LogP contribution in [0.4, 0.5) is 0 Å². The van der Waals surface area contributed by atoms with Crippen LogP contribution in [-0.2, 0) is 11.3 Å². The first kappa shape index (κ1) is 16.1. The molecule has 0 atom stereocenters. The summed E-state index contributed by atoms with van der Waals surface area (Å²) in [7, 11) is 1.66. The van der Waals surface area contributed by atoms with Crippen LogP contribution in [0.15, 0.2) is 18.2 Å². The third-order valence-electron chi connectivity index (χ3n) is 3.43. The molecule has 0 unspecified atom stereocenters. The Balaban J connectivity index is 1.96. The quantitative estimate of drug-likeness (QED) is 0.589. The summed E-state index contributed by atoms with van der Waals surface area (Å²) in [6.45, 7) is 8.24. The van der Waals surface area contributed by atoms with Crippen LogP contribution in [0.25, 0.3) is 0 Å². The number of nitrogens with one attached hydrogen (secondary N) is 1. The van der Waals surface area contributed by atoms with Crippen molar-refractivity contribution in [1.29, 1.82) is 0 Å². The Morgan fingerprint density at radius 3 is 2.62 bits per heavy atom. The van der Waals surface area contributed by atoms with Crippen LogP contribution in [-0.4, -0.2) is 26.0 Å². The van der Waals surface area contributed by atoms with Crippen LogP contribution < -0.4 is 14.8 Å². The molecule has 1 aromatic rings. The smallest absolute Gasteiger partial charge is 0.189 e. The molecular weight excluding hydrogens is 266 g/mol. The number of ether oxygens (including phenoxy) is 3. The second-order valence-electron chi connectivity index (χ2n) is 6.63. The lowest BCUT2D eigenvalue weighted by molar-refractivity contribution is 0.00804. The molecule has 0 heterocycles. The molecule has 0 bridgehead atoms. The highest BCUT2D eigenvalue weighted by molar-refractivity contribution is 5.46. The zero-order valence-corrected chi connectivity index (χ0v) is 13.6. The van der Waals surface area contributed by atoms with Crippen LogP contribution >= 0.6 is 0 Å². The summed E-state index contributed by atoms with van der Waals surface area (Å²) in [4.78, 5) is 0. The third kappa shape index (κ3) is 5.56. The lowest BCUT2D eigenvalue weighted by atomic mass is 10.1. The minimum Gasteiger partial charge on any atom is -0.493 e. The summed E-state index contributed by atoms with van der Waals surface area (Å²) >= 11 is 0. The summed E-state index contributed by atoms with van der Waals surface area (Å²) in [5.74, 6) is 2.26. The Bertz CT molecular complexity index is 450. The van der Waals surface area contributed by atoms with Crippen LogP contribution in [0.3, 0.4) is 0 Å². The number of hydrogen-bond acceptors (Lipinski definition) is 4. The monoisotopic (exact) mass is 293 g/mol. The topological polar surface area (TPSA) is 39.7 Å². The highest BCUT2D eigenvalue weighted by Crippen LogP contribution is 2.32. The van der Waals surface area contributed by atoms with Gasteiger partial charge in [-0.3, -0.25) is 0 Å². The summed E-state index contributed by atoms with van der Waals surface area (Å²) in [5.41, 5.74) is 1.14. The Labute approximate surface area is 127 Å². The van der Waals surface area contributed by atoms with Crippen molar-refractivity contribution < 1.29 is 14.2 Å². The van der Waals surface area contributed by atoms with Crippen molar-refractivity contribution in [3.8, 4) is 11.5 Å². The van der Waals surface area contributed by atoms with Gasteiger partial charge in [0, 0.05) is 17.6 Å². The van der Waals surface area contributed by atoms with E-state index in [1.807, 2.05) is 12.1 Å². The van der Waals surface area contributed by atoms with Gasteiger partial charge in [0.1, 0.15) is 0 Å². The Hall–Kier alpha value is -1.26. The number of rotatable bonds is 8. The summed E-state index contributed by atoms with van der Waals surface area (Å²) in [6.07, 6.45) is 2.57. The van der Waals surface area contributed by atoms with Crippen LogP contribution in [0, 0.1) is 5.92 Å². The maximum absolute atomic E-state index is 5.82. The molecule has 2 rings (SSSR count). The largest absolute Gasteiger partial charge is 0.493 e. The number of methoxy groups -OCH3 is 1. The average molecular weight is 293 g/mol. The molecule has 0 saturated heterocycles. The van der Waals surface area contributed by atoms with E-state index >= 15 is 0 Å². The van der Waals surface area contributed by atoms with Crippen molar-refractivity contribution in [2.24, 2.45) is 5.92 Å². The molecule has 1 aromatic carbocycles. The van der Waals surface area contributed by atoms with Gasteiger partial charge in [0.25, 0.3) is 0 Å². The summed E-state index contributed by atoms with van der Waals surface area (Å²) < 4.78 is 16.8. The van der Waals surface area contributed by atoms with Gasteiger partial charge < -0.3 is 19.5 Å². The van der Waals surface area contributed by atoms with Crippen molar-refractivity contribution in [1.82, 2.24) is 5.32 Å². The fraction of sp³-hybridized carbons (Fsp3) is 0.647. The van der Waals surface area contributed by atoms with Gasteiger partial charge in [0.15, 0.2) is 18.3 Å². The van der Waals surface area contributed by atoms with Gasteiger partial charge in [0.2, 0.25) is 0 Å². The van der Waals surface area contributed by atoms with Crippen molar-refractivity contribution >= 4 is 0 Å². The van der Waals surface area contributed by atoms with Crippen molar-refractivity contribution in [3.05, 3.63) is 23.8 Å². The van der Waals surface area contributed by atoms with Crippen LogP contribution in [0.2, 0.25) is 0 Å². The lowest BCUT2D eigenvalue weighted by Crippen LogP contribution is -2.35. The Morgan fingerprint density at radius 1 is 1.24 bits per heavy atom. The van der Waals surface area contributed by atoms with E-state index in [2.05, 4.69) is 32.2 Å². The number of hydrogen-bond donors (Lipinski definition) is 1. The molecule has 4 heteroatoms. The average Bonchev–Trinajstić information content (AvgIpc) is 3.25. The molecule has 0 aromatic heterocycles. The minimum absolute atomic E-state index is 0.0584. The Kier molecular flexibility index (Phi) is 5.48. The van der Waals surface area contributed by atoms with Gasteiger partial charge in [-0.25, -0.2) is 0 Å². The maximum Gasteiger partial charge on any atom is 0.189 e. The molecule has 0 aliphatic heterocycles. The van der Waals surface area contributed by atoms with E-state index in [9.17, 15) is 0 Å². The molecule has 118 valence electrons. The summed E-state index contributed by atoms with van der Waals surface area (Å²) in [6, 6.07) is 5.95. The van der Waals surface area contributed by atoms with E-state index in [0.717, 1.165) is 36.1 Å². The van der Waals surface area contributed by atoms with Crippen molar-refractivity contribution in [3.63, 3.8) is 0 Å². The fourth-order valence-corrected chi connectivity index (χ4v) is 1.99.